The van der Waals surface area contributed by atoms with Gasteiger partial charge in [-0.2, -0.15) is 0 Å². The van der Waals surface area contributed by atoms with Crippen LogP contribution in [-0.2, 0) is 14.9 Å². The highest BCUT2D eigenvalue weighted by molar-refractivity contribution is 5.41. The van der Waals surface area contributed by atoms with Gasteiger partial charge in [-0.15, -0.1) is 0 Å². The van der Waals surface area contributed by atoms with E-state index in [9.17, 15) is 0 Å². The Kier molecular flexibility index (Phi) is 6.50. The maximum absolute atomic E-state index is 5.96. The van der Waals surface area contributed by atoms with E-state index >= 15 is 0 Å². The quantitative estimate of drug-likeness (QED) is 0.705. The maximum atomic E-state index is 5.96. The topological polar surface area (TPSA) is 27.7 Å². The molecule has 1 aromatic rings. The lowest BCUT2D eigenvalue weighted by Crippen LogP contribution is -2.26. The number of aryl methyl sites for hydroxylation is 1. The van der Waals surface area contributed by atoms with Crippen LogP contribution in [0.25, 0.3) is 0 Å². The molecule has 3 nitrogen and oxygen atoms in total. The summed E-state index contributed by atoms with van der Waals surface area (Å²) in [6, 6.07) is 6.34. The highest BCUT2D eigenvalue weighted by Gasteiger charge is 2.20. The monoisotopic (exact) mass is 280 g/mol. The van der Waals surface area contributed by atoms with Crippen LogP contribution < -0.4 is 4.74 Å². The molecule has 0 aliphatic heterocycles. The molecule has 0 unspecified atom stereocenters. The van der Waals surface area contributed by atoms with Crippen LogP contribution in [0.5, 0.6) is 5.75 Å². The summed E-state index contributed by atoms with van der Waals surface area (Å²) in [4.78, 5) is 0. The van der Waals surface area contributed by atoms with Crippen LogP contribution >= 0.6 is 0 Å². The van der Waals surface area contributed by atoms with Crippen LogP contribution in [0.2, 0.25) is 0 Å². The molecule has 0 aliphatic rings. The Morgan fingerprint density at radius 1 is 1.05 bits per heavy atom. The standard InChI is InChI=1S/C17H28O3/c1-7-18-16(19-8-2)12-20-15-11-13(3)9-10-14(15)17(4,5)6/h9-11,16H,7-8,12H2,1-6H3. The van der Waals surface area contributed by atoms with Crippen molar-refractivity contribution in [2.75, 3.05) is 19.8 Å². The molecule has 0 heterocycles. The Labute approximate surface area is 123 Å². The minimum atomic E-state index is -0.307. The molecule has 0 aromatic heterocycles. The van der Waals surface area contributed by atoms with E-state index in [1.807, 2.05) is 13.8 Å². The predicted octanol–water partition coefficient (Wildman–Crippen LogP) is 4.07. The van der Waals surface area contributed by atoms with E-state index in [1.165, 1.54) is 11.1 Å². The summed E-state index contributed by atoms with van der Waals surface area (Å²) in [5, 5.41) is 0. The smallest absolute Gasteiger partial charge is 0.191 e. The first-order chi connectivity index (χ1) is 9.38. The summed E-state index contributed by atoms with van der Waals surface area (Å²) in [7, 11) is 0. The highest BCUT2D eigenvalue weighted by Crippen LogP contribution is 2.32. The number of hydrogen-bond acceptors (Lipinski definition) is 3. The van der Waals surface area contributed by atoms with Crippen LogP contribution in [0.4, 0.5) is 0 Å². The lowest BCUT2D eigenvalue weighted by molar-refractivity contribution is -0.152. The lowest BCUT2D eigenvalue weighted by Gasteiger charge is -2.25. The zero-order chi connectivity index (χ0) is 15.2. The Morgan fingerprint density at radius 3 is 2.15 bits per heavy atom. The second-order valence-electron chi connectivity index (χ2n) is 5.90. The van der Waals surface area contributed by atoms with E-state index in [4.69, 9.17) is 14.2 Å². The van der Waals surface area contributed by atoms with E-state index < -0.39 is 0 Å². The largest absolute Gasteiger partial charge is 0.488 e. The first kappa shape index (κ1) is 17.0. The summed E-state index contributed by atoms with van der Waals surface area (Å²) in [5.41, 5.74) is 2.45. The van der Waals surface area contributed by atoms with Gasteiger partial charge in [0.2, 0.25) is 0 Å². The molecule has 0 fully saturated rings. The summed E-state index contributed by atoms with van der Waals surface area (Å²) in [6.07, 6.45) is -0.307. The average molecular weight is 280 g/mol. The summed E-state index contributed by atoms with van der Waals surface area (Å²) in [5.74, 6) is 0.918. The zero-order valence-electron chi connectivity index (χ0n) is 13.7. The van der Waals surface area contributed by atoms with Gasteiger partial charge >= 0.3 is 0 Å². The molecule has 114 valence electrons. The Balaban J connectivity index is 2.82. The lowest BCUT2D eigenvalue weighted by atomic mass is 9.86. The van der Waals surface area contributed by atoms with Crippen molar-refractivity contribution in [1.82, 2.24) is 0 Å². The second-order valence-corrected chi connectivity index (χ2v) is 5.90. The number of hydrogen-bond donors (Lipinski definition) is 0. The fourth-order valence-electron chi connectivity index (χ4n) is 2.04. The first-order valence-corrected chi connectivity index (χ1v) is 7.35. The molecule has 0 atom stereocenters. The van der Waals surface area contributed by atoms with Gasteiger partial charge in [-0.25, -0.2) is 0 Å². The third-order valence-electron chi connectivity index (χ3n) is 3.03. The molecule has 1 aromatic carbocycles. The third kappa shape index (κ3) is 5.14. The van der Waals surface area contributed by atoms with Crippen LogP contribution in [-0.4, -0.2) is 26.1 Å². The first-order valence-electron chi connectivity index (χ1n) is 7.35. The van der Waals surface area contributed by atoms with Crippen molar-refractivity contribution in [2.45, 2.75) is 53.2 Å². The molecule has 0 radical (unpaired) electrons. The molecular weight excluding hydrogens is 252 g/mol. The number of ether oxygens (including phenoxy) is 3. The minimum Gasteiger partial charge on any atom is -0.488 e. The summed E-state index contributed by atoms with van der Waals surface area (Å²) in [6.45, 7) is 14.2. The van der Waals surface area contributed by atoms with E-state index in [0.717, 1.165) is 5.75 Å². The number of benzene rings is 1. The molecule has 0 amide bonds. The highest BCUT2D eigenvalue weighted by atomic mass is 16.7. The summed E-state index contributed by atoms with van der Waals surface area (Å²) < 4.78 is 17.0. The van der Waals surface area contributed by atoms with Crippen molar-refractivity contribution in [2.24, 2.45) is 0 Å². The minimum absolute atomic E-state index is 0.0513. The van der Waals surface area contributed by atoms with Crippen LogP contribution in [0, 0.1) is 6.92 Å². The van der Waals surface area contributed by atoms with Gasteiger partial charge in [0.05, 0.1) is 0 Å². The van der Waals surface area contributed by atoms with Crippen LogP contribution in [0.15, 0.2) is 18.2 Å². The van der Waals surface area contributed by atoms with Gasteiger partial charge in [-0.05, 0) is 43.4 Å². The van der Waals surface area contributed by atoms with Crippen LogP contribution in [0.1, 0.15) is 45.7 Å². The molecule has 0 spiro atoms. The second kappa shape index (κ2) is 7.65. The molecule has 3 heteroatoms. The van der Waals surface area contributed by atoms with E-state index in [-0.39, 0.29) is 11.7 Å². The molecule has 0 bridgehead atoms. The molecule has 0 saturated carbocycles. The van der Waals surface area contributed by atoms with Crippen molar-refractivity contribution < 1.29 is 14.2 Å². The van der Waals surface area contributed by atoms with Crippen molar-refractivity contribution in [1.29, 1.82) is 0 Å². The predicted molar refractivity (Wildman–Crippen MR) is 82.4 cm³/mol. The summed E-state index contributed by atoms with van der Waals surface area (Å²) >= 11 is 0. The zero-order valence-corrected chi connectivity index (χ0v) is 13.7. The van der Waals surface area contributed by atoms with Crippen LogP contribution in [0.3, 0.4) is 0 Å². The van der Waals surface area contributed by atoms with Gasteiger partial charge in [0, 0.05) is 13.2 Å². The van der Waals surface area contributed by atoms with E-state index in [0.29, 0.717) is 19.8 Å². The third-order valence-corrected chi connectivity index (χ3v) is 3.03. The van der Waals surface area contributed by atoms with E-state index in [2.05, 4.69) is 45.9 Å². The van der Waals surface area contributed by atoms with Gasteiger partial charge in [-0.3, -0.25) is 0 Å². The fraction of sp³-hybridized carbons (Fsp3) is 0.647. The van der Waals surface area contributed by atoms with E-state index in [1.54, 1.807) is 0 Å². The van der Waals surface area contributed by atoms with Gasteiger partial charge < -0.3 is 14.2 Å². The normalized spacial score (nSPS) is 11.9. The van der Waals surface area contributed by atoms with Crippen molar-refractivity contribution >= 4 is 0 Å². The Bertz CT molecular complexity index is 401. The fourth-order valence-corrected chi connectivity index (χ4v) is 2.04. The Hall–Kier alpha value is -1.06. The molecule has 0 saturated heterocycles. The van der Waals surface area contributed by atoms with Gasteiger partial charge in [0.15, 0.2) is 6.29 Å². The molecular formula is C17H28O3. The van der Waals surface area contributed by atoms with Gasteiger partial charge in [0.1, 0.15) is 12.4 Å². The van der Waals surface area contributed by atoms with Gasteiger partial charge in [-0.1, -0.05) is 32.9 Å². The molecule has 1 rings (SSSR count). The maximum Gasteiger partial charge on any atom is 0.191 e. The van der Waals surface area contributed by atoms with Gasteiger partial charge in [0.25, 0.3) is 0 Å². The average Bonchev–Trinajstić information content (AvgIpc) is 2.35. The SMILES string of the molecule is CCOC(COc1cc(C)ccc1C(C)(C)C)OCC. The number of rotatable bonds is 7. The van der Waals surface area contributed by atoms with Crippen molar-refractivity contribution in [3.8, 4) is 5.75 Å². The molecule has 0 aliphatic carbocycles. The molecule has 0 N–H and O–H groups in total. The van der Waals surface area contributed by atoms with Crippen molar-refractivity contribution in [3.05, 3.63) is 29.3 Å². The van der Waals surface area contributed by atoms with Crippen molar-refractivity contribution in [3.63, 3.8) is 0 Å². The molecule has 20 heavy (non-hydrogen) atoms. The Morgan fingerprint density at radius 2 is 1.65 bits per heavy atom.